The van der Waals surface area contributed by atoms with Gasteiger partial charge in [-0.3, -0.25) is 0 Å². The number of hydrogen-bond donors (Lipinski definition) is 1. The Balaban J connectivity index is 1.98. The zero-order valence-corrected chi connectivity index (χ0v) is 13.3. The average molecular weight is 308 g/mol. The summed E-state index contributed by atoms with van der Waals surface area (Å²) in [6, 6.07) is 14.1. The Morgan fingerprint density at radius 1 is 0.950 bits per heavy atom. The van der Waals surface area contributed by atoms with Gasteiger partial charge in [0.05, 0.1) is 10.7 Å². The van der Waals surface area contributed by atoms with Crippen molar-refractivity contribution in [3.63, 3.8) is 0 Å². The summed E-state index contributed by atoms with van der Waals surface area (Å²) in [7, 11) is 0. The highest BCUT2D eigenvalue weighted by molar-refractivity contribution is 6.35. The van der Waals surface area contributed by atoms with Crippen LogP contribution in [0.1, 0.15) is 25.0 Å². The lowest BCUT2D eigenvalue weighted by atomic mass is 10.0. The van der Waals surface area contributed by atoms with E-state index >= 15 is 0 Å². The summed E-state index contributed by atoms with van der Waals surface area (Å²) in [6.45, 7) is 5.20. The molecule has 2 aromatic rings. The highest BCUT2D eigenvalue weighted by Crippen LogP contribution is 2.25. The minimum Gasteiger partial charge on any atom is -0.380 e. The molecule has 0 saturated carbocycles. The van der Waals surface area contributed by atoms with Crippen molar-refractivity contribution in [3.05, 3.63) is 63.6 Å². The number of rotatable bonds is 5. The first-order valence-electron chi connectivity index (χ1n) is 6.81. The van der Waals surface area contributed by atoms with Crippen LogP contribution in [0.25, 0.3) is 0 Å². The minimum absolute atomic E-state index is 0.684. The molecular weight excluding hydrogens is 289 g/mol. The van der Waals surface area contributed by atoms with Crippen LogP contribution in [-0.2, 0) is 13.0 Å². The van der Waals surface area contributed by atoms with Crippen molar-refractivity contribution in [2.75, 3.05) is 5.32 Å². The zero-order chi connectivity index (χ0) is 14.5. The van der Waals surface area contributed by atoms with Gasteiger partial charge >= 0.3 is 0 Å². The van der Waals surface area contributed by atoms with Gasteiger partial charge in [-0.05, 0) is 41.7 Å². The Bertz CT molecular complexity index is 562. The van der Waals surface area contributed by atoms with E-state index in [-0.39, 0.29) is 0 Å². The van der Waals surface area contributed by atoms with Crippen molar-refractivity contribution in [1.82, 2.24) is 0 Å². The monoisotopic (exact) mass is 307 g/mol. The Morgan fingerprint density at radius 2 is 1.60 bits per heavy atom. The van der Waals surface area contributed by atoms with E-state index in [2.05, 4.69) is 43.4 Å². The predicted octanol–water partition coefficient (Wildman–Crippen LogP) is 5.80. The third-order valence-corrected chi connectivity index (χ3v) is 3.64. The molecule has 0 fully saturated rings. The van der Waals surface area contributed by atoms with Crippen molar-refractivity contribution in [2.45, 2.75) is 26.8 Å². The number of nitrogens with one attached hydrogen (secondary N) is 1. The zero-order valence-electron chi connectivity index (χ0n) is 11.8. The Hall–Kier alpha value is -1.18. The largest absolute Gasteiger partial charge is 0.380 e. The van der Waals surface area contributed by atoms with Gasteiger partial charge in [-0.25, -0.2) is 0 Å². The molecule has 106 valence electrons. The van der Waals surface area contributed by atoms with Crippen LogP contribution in [0.5, 0.6) is 0 Å². The molecule has 0 aliphatic carbocycles. The lowest BCUT2D eigenvalue weighted by Crippen LogP contribution is -2.00. The van der Waals surface area contributed by atoms with Crippen LogP contribution < -0.4 is 5.32 Å². The molecule has 0 aromatic heterocycles. The molecule has 0 radical (unpaired) electrons. The van der Waals surface area contributed by atoms with E-state index < -0.39 is 0 Å². The van der Waals surface area contributed by atoms with E-state index in [9.17, 15) is 0 Å². The molecule has 2 aromatic carbocycles. The van der Waals surface area contributed by atoms with Crippen LogP contribution >= 0.6 is 23.2 Å². The second kappa shape index (κ2) is 7.01. The van der Waals surface area contributed by atoms with Gasteiger partial charge in [-0.2, -0.15) is 0 Å². The molecule has 20 heavy (non-hydrogen) atoms. The van der Waals surface area contributed by atoms with Crippen molar-refractivity contribution < 1.29 is 0 Å². The second-order valence-corrected chi connectivity index (χ2v) is 6.24. The molecule has 0 atom stereocenters. The average Bonchev–Trinajstić information content (AvgIpc) is 2.41. The number of benzene rings is 2. The van der Waals surface area contributed by atoms with Crippen LogP contribution in [0, 0.1) is 5.92 Å². The van der Waals surface area contributed by atoms with Gasteiger partial charge in [0.1, 0.15) is 0 Å². The fourth-order valence-corrected chi connectivity index (χ4v) is 2.45. The molecule has 3 heteroatoms. The maximum Gasteiger partial charge on any atom is 0.0638 e. The molecule has 0 unspecified atom stereocenters. The number of hydrogen-bond acceptors (Lipinski definition) is 1. The van der Waals surface area contributed by atoms with Gasteiger partial charge in [0, 0.05) is 11.6 Å². The summed E-state index contributed by atoms with van der Waals surface area (Å²) < 4.78 is 0. The Morgan fingerprint density at radius 3 is 2.25 bits per heavy atom. The summed E-state index contributed by atoms with van der Waals surface area (Å²) in [4.78, 5) is 0. The van der Waals surface area contributed by atoms with Gasteiger partial charge in [0.15, 0.2) is 0 Å². The molecule has 0 amide bonds. The molecule has 0 aliphatic rings. The topological polar surface area (TPSA) is 12.0 Å². The lowest BCUT2D eigenvalue weighted by Gasteiger charge is -2.10. The molecule has 0 aliphatic heterocycles. The van der Waals surface area contributed by atoms with Crippen molar-refractivity contribution >= 4 is 28.9 Å². The maximum atomic E-state index is 6.12. The van der Waals surface area contributed by atoms with E-state index in [1.165, 1.54) is 11.1 Å². The lowest BCUT2D eigenvalue weighted by molar-refractivity contribution is 0.647. The number of halogens is 2. The fourth-order valence-electron chi connectivity index (χ4n) is 2.09. The van der Waals surface area contributed by atoms with Crippen molar-refractivity contribution in [3.8, 4) is 0 Å². The molecule has 1 N–H and O–H groups in total. The third-order valence-electron chi connectivity index (χ3n) is 3.08. The Labute approximate surface area is 130 Å². The standard InChI is InChI=1S/C17H19Cl2N/c1-12(2)9-13-3-5-14(6-4-13)11-20-17-10-15(18)7-8-16(17)19/h3-8,10,12,20H,9,11H2,1-2H3. The van der Waals surface area contributed by atoms with Crippen LogP contribution in [0.4, 0.5) is 5.69 Å². The van der Waals surface area contributed by atoms with Gasteiger partial charge in [0.2, 0.25) is 0 Å². The van der Waals surface area contributed by atoms with Crippen molar-refractivity contribution in [2.24, 2.45) is 5.92 Å². The second-order valence-electron chi connectivity index (χ2n) is 5.39. The van der Waals surface area contributed by atoms with E-state index in [1.807, 2.05) is 6.07 Å². The van der Waals surface area contributed by atoms with E-state index in [1.54, 1.807) is 12.1 Å². The number of anilines is 1. The van der Waals surface area contributed by atoms with Gasteiger partial charge in [0.25, 0.3) is 0 Å². The van der Waals surface area contributed by atoms with Crippen LogP contribution in [0.2, 0.25) is 10.0 Å². The normalized spacial score (nSPS) is 10.8. The Kier molecular flexibility index (Phi) is 5.33. The molecule has 0 spiro atoms. The first-order valence-corrected chi connectivity index (χ1v) is 7.57. The first kappa shape index (κ1) is 15.2. The van der Waals surface area contributed by atoms with E-state index in [0.717, 1.165) is 18.7 Å². The van der Waals surface area contributed by atoms with Gasteiger partial charge in [-0.15, -0.1) is 0 Å². The van der Waals surface area contributed by atoms with E-state index in [4.69, 9.17) is 23.2 Å². The molecular formula is C17H19Cl2N. The molecule has 0 saturated heterocycles. The molecule has 1 nitrogen and oxygen atoms in total. The van der Waals surface area contributed by atoms with Gasteiger partial charge in [-0.1, -0.05) is 61.3 Å². The highest BCUT2D eigenvalue weighted by Gasteiger charge is 2.02. The highest BCUT2D eigenvalue weighted by atomic mass is 35.5. The molecule has 0 bridgehead atoms. The predicted molar refractivity (Wildman–Crippen MR) is 88.8 cm³/mol. The maximum absolute atomic E-state index is 6.12. The van der Waals surface area contributed by atoms with Crippen LogP contribution in [0.15, 0.2) is 42.5 Å². The first-order chi connectivity index (χ1) is 9.54. The SMILES string of the molecule is CC(C)Cc1ccc(CNc2cc(Cl)ccc2Cl)cc1. The summed E-state index contributed by atoms with van der Waals surface area (Å²) >= 11 is 12.1. The molecule has 2 rings (SSSR count). The smallest absolute Gasteiger partial charge is 0.0638 e. The van der Waals surface area contributed by atoms with Gasteiger partial charge < -0.3 is 5.32 Å². The summed E-state index contributed by atoms with van der Waals surface area (Å²) in [5, 5.41) is 4.68. The summed E-state index contributed by atoms with van der Waals surface area (Å²) in [5.74, 6) is 0.684. The minimum atomic E-state index is 0.684. The van der Waals surface area contributed by atoms with Crippen molar-refractivity contribution in [1.29, 1.82) is 0 Å². The quantitative estimate of drug-likeness (QED) is 0.735. The molecule has 0 heterocycles. The van der Waals surface area contributed by atoms with Crippen LogP contribution in [-0.4, -0.2) is 0 Å². The third kappa shape index (κ3) is 4.43. The fraction of sp³-hybridized carbons (Fsp3) is 0.294. The summed E-state index contributed by atoms with van der Waals surface area (Å²) in [5.41, 5.74) is 3.48. The van der Waals surface area contributed by atoms with E-state index in [0.29, 0.717) is 16.0 Å². The summed E-state index contributed by atoms with van der Waals surface area (Å²) in [6.07, 6.45) is 1.12. The van der Waals surface area contributed by atoms with Crippen LogP contribution in [0.3, 0.4) is 0 Å².